The molecule has 2 amide bonds. The number of likely N-dealkylation sites (N-methyl/N-ethyl adjacent to an activating group) is 1. The van der Waals surface area contributed by atoms with E-state index in [1.54, 1.807) is 33.0 Å². The third-order valence-corrected chi connectivity index (χ3v) is 5.40. The van der Waals surface area contributed by atoms with Gasteiger partial charge >= 0.3 is 0 Å². The lowest BCUT2D eigenvalue weighted by Crippen LogP contribution is -2.51. The summed E-state index contributed by atoms with van der Waals surface area (Å²) in [5.41, 5.74) is 10.8. The molecule has 11 heteroatoms. The number of nitrogens with one attached hydrogen (secondary N) is 5. The number of amides is 2. The molecule has 0 heterocycles. The van der Waals surface area contributed by atoms with E-state index in [1.807, 2.05) is 0 Å². The summed E-state index contributed by atoms with van der Waals surface area (Å²) in [7, 11) is 1.70. The number of carbonyl (C=O) groups is 3. The minimum Gasteiger partial charge on any atom is -0.508 e. The number of nitrogens with two attached hydrogens (primary N) is 2. The average molecular weight is 464 g/mol. The number of phenolic OH excluding ortho intramolecular Hbond substituents is 1. The smallest absolute Gasteiger partial charge is 0.240 e. The highest BCUT2D eigenvalue weighted by atomic mass is 16.3. The van der Waals surface area contributed by atoms with Gasteiger partial charge in [-0.25, -0.2) is 0 Å². The quantitative estimate of drug-likeness (QED) is 0.0928. The maximum atomic E-state index is 12.7. The van der Waals surface area contributed by atoms with Crippen molar-refractivity contribution in [3.63, 3.8) is 0 Å². The zero-order valence-electron chi connectivity index (χ0n) is 19.5. The number of carbonyl (C=O) groups excluding carboxylic acids is 3. The van der Waals surface area contributed by atoms with Gasteiger partial charge in [0.15, 0.2) is 11.7 Å². The molecular formula is C22H37N7O4. The summed E-state index contributed by atoms with van der Waals surface area (Å²) in [4.78, 5) is 37.0. The molecule has 0 spiro atoms. The van der Waals surface area contributed by atoms with Crippen molar-refractivity contribution < 1.29 is 19.5 Å². The third kappa shape index (κ3) is 10.8. The van der Waals surface area contributed by atoms with Gasteiger partial charge in [-0.1, -0.05) is 12.1 Å². The molecule has 0 bridgehead atoms. The Morgan fingerprint density at radius 3 is 2.33 bits per heavy atom. The first kappa shape index (κ1) is 27.9. The standard InChI is InChI=1S/C22H37N7O4/c1-22(2,26-3)18(31)13-28-15(5-4-10-27-21(24)25)12-19(32)29-17(20(23)33)11-14-6-8-16(30)9-7-14/h6-9,15,17,26,28,30H,4-5,10-13H2,1-3H3,(H2,23,33)(H,29,32)(H4,24,25,27)/t15-,17-/m0/s1. The van der Waals surface area contributed by atoms with Crippen LogP contribution in [0.4, 0.5) is 0 Å². The van der Waals surface area contributed by atoms with E-state index >= 15 is 0 Å². The van der Waals surface area contributed by atoms with Crippen LogP contribution < -0.4 is 32.7 Å². The topological polar surface area (TPSA) is 195 Å². The molecule has 1 rings (SSSR count). The first-order valence-electron chi connectivity index (χ1n) is 10.8. The Kier molecular flexibility index (Phi) is 11.3. The van der Waals surface area contributed by atoms with Gasteiger partial charge < -0.3 is 37.8 Å². The van der Waals surface area contributed by atoms with E-state index in [-0.39, 0.29) is 48.8 Å². The average Bonchev–Trinajstić information content (AvgIpc) is 2.75. The fourth-order valence-corrected chi connectivity index (χ4v) is 3.01. The van der Waals surface area contributed by atoms with Gasteiger partial charge in [-0.2, -0.15) is 0 Å². The number of hydrogen-bond acceptors (Lipinski definition) is 7. The number of hydrogen-bond donors (Lipinski definition) is 8. The van der Waals surface area contributed by atoms with E-state index in [0.717, 1.165) is 5.56 Å². The monoisotopic (exact) mass is 463 g/mol. The maximum Gasteiger partial charge on any atom is 0.240 e. The first-order valence-corrected chi connectivity index (χ1v) is 10.8. The molecule has 0 aliphatic carbocycles. The zero-order chi connectivity index (χ0) is 25.0. The fourth-order valence-electron chi connectivity index (χ4n) is 3.01. The molecule has 0 radical (unpaired) electrons. The van der Waals surface area contributed by atoms with E-state index in [1.165, 1.54) is 12.1 Å². The number of aromatic hydroxyl groups is 1. The van der Waals surface area contributed by atoms with Crippen LogP contribution in [0.15, 0.2) is 24.3 Å². The predicted octanol–water partition coefficient (Wildman–Crippen LogP) is -0.917. The Balaban J connectivity index is 2.75. The lowest BCUT2D eigenvalue weighted by atomic mass is 9.98. The summed E-state index contributed by atoms with van der Waals surface area (Å²) in [6.07, 6.45) is 1.38. The molecular weight excluding hydrogens is 426 g/mol. The number of phenols is 1. The zero-order valence-corrected chi connectivity index (χ0v) is 19.5. The normalized spacial score (nSPS) is 13.1. The molecule has 10 N–H and O–H groups in total. The Bertz CT molecular complexity index is 811. The number of primary amides is 1. The second-order valence-electron chi connectivity index (χ2n) is 8.46. The Morgan fingerprint density at radius 2 is 1.79 bits per heavy atom. The molecule has 1 aromatic carbocycles. The second-order valence-corrected chi connectivity index (χ2v) is 8.46. The van der Waals surface area contributed by atoms with Crippen LogP contribution in [-0.4, -0.2) is 66.4 Å². The lowest BCUT2D eigenvalue weighted by molar-refractivity contribution is -0.128. The Hall–Kier alpha value is -3.18. The van der Waals surface area contributed by atoms with Gasteiger partial charge in [-0.15, -0.1) is 0 Å². The van der Waals surface area contributed by atoms with Gasteiger partial charge in [-0.3, -0.25) is 19.8 Å². The molecule has 0 saturated heterocycles. The molecule has 11 nitrogen and oxygen atoms in total. The van der Waals surface area contributed by atoms with Gasteiger partial charge in [-0.05, 0) is 51.4 Å². The Morgan fingerprint density at radius 1 is 1.15 bits per heavy atom. The van der Waals surface area contributed by atoms with Gasteiger partial charge in [0.25, 0.3) is 0 Å². The molecule has 1 aromatic rings. The van der Waals surface area contributed by atoms with Crippen LogP contribution in [0, 0.1) is 5.41 Å². The molecule has 0 aromatic heterocycles. The van der Waals surface area contributed by atoms with Crippen LogP contribution in [0.2, 0.25) is 0 Å². The highest BCUT2D eigenvalue weighted by Crippen LogP contribution is 2.12. The van der Waals surface area contributed by atoms with Gasteiger partial charge in [0.05, 0.1) is 12.1 Å². The summed E-state index contributed by atoms with van der Waals surface area (Å²) in [5, 5.41) is 28.1. The van der Waals surface area contributed by atoms with Crippen molar-refractivity contribution in [3.8, 4) is 5.75 Å². The van der Waals surface area contributed by atoms with Crippen molar-refractivity contribution in [1.29, 1.82) is 5.41 Å². The molecule has 0 saturated carbocycles. The van der Waals surface area contributed by atoms with E-state index in [0.29, 0.717) is 19.4 Å². The number of benzene rings is 1. The summed E-state index contributed by atoms with van der Waals surface area (Å²) in [6, 6.07) is 5.05. The summed E-state index contributed by atoms with van der Waals surface area (Å²) in [6.45, 7) is 4.07. The Labute approximate surface area is 194 Å². The number of rotatable bonds is 15. The van der Waals surface area contributed by atoms with Crippen LogP contribution in [0.25, 0.3) is 0 Å². The summed E-state index contributed by atoms with van der Waals surface area (Å²) < 4.78 is 0. The summed E-state index contributed by atoms with van der Waals surface area (Å²) >= 11 is 0. The molecule has 0 unspecified atom stereocenters. The third-order valence-electron chi connectivity index (χ3n) is 5.40. The van der Waals surface area contributed by atoms with Crippen LogP contribution in [0.3, 0.4) is 0 Å². The van der Waals surface area contributed by atoms with Gasteiger partial charge in [0.2, 0.25) is 11.8 Å². The van der Waals surface area contributed by atoms with Gasteiger partial charge in [0, 0.05) is 25.4 Å². The second kappa shape index (κ2) is 13.4. The lowest BCUT2D eigenvalue weighted by Gasteiger charge is -2.25. The van der Waals surface area contributed by atoms with E-state index in [2.05, 4.69) is 21.3 Å². The van der Waals surface area contributed by atoms with Crippen LogP contribution in [-0.2, 0) is 20.8 Å². The molecule has 2 atom stereocenters. The van der Waals surface area contributed by atoms with E-state index in [4.69, 9.17) is 16.9 Å². The first-order chi connectivity index (χ1) is 15.4. The van der Waals surface area contributed by atoms with Crippen molar-refractivity contribution >= 4 is 23.6 Å². The van der Waals surface area contributed by atoms with Crippen molar-refractivity contribution in [2.75, 3.05) is 20.1 Å². The number of guanidine groups is 1. The molecule has 0 aliphatic heterocycles. The van der Waals surface area contributed by atoms with Gasteiger partial charge in [0.1, 0.15) is 11.8 Å². The summed E-state index contributed by atoms with van der Waals surface area (Å²) in [5.74, 6) is -1.14. The highest BCUT2D eigenvalue weighted by Gasteiger charge is 2.26. The maximum absolute atomic E-state index is 12.7. The predicted molar refractivity (Wildman–Crippen MR) is 127 cm³/mol. The van der Waals surface area contributed by atoms with Crippen LogP contribution in [0.5, 0.6) is 5.75 Å². The number of ketones is 1. The molecule has 0 fully saturated rings. The highest BCUT2D eigenvalue weighted by molar-refractivity contribution is 5.89. The van der Waals surface area contributed by atoms with Crippen molar-refractivity contribution in [1.82, 2.24) is 21.3 Å². The number of Topliss-reactive ketones (excluding diaryl/α,β-unsaturated/α-hetero) is 1. The van der Waals surface area contributed by atoms with Crippen molar-refractivity contribution in [2.24, 2.45) is 11.5 Å². The van der Waals surface area contributed by atoms with E-state index < -0.39 is 17.5 Å². The van der Waals surface area contributed by atoms with E-state index in [9.17, 15) is 19.5 Å². The van der Waals surface area contributed by atoms with Crippen molar-refractivity contribution in [2.45, 2.75) is 57.2 Å². The molecule has 184 valence electrons. The molecule has 33 heavy (non-hydrogen) atoms. The minimum atomic E-state index is -0.910. The largest absolute Gasteiger partial charge is 0.508 e. The van der Waals surface area contributed by atoms with Crippen LogP contribution >= 0.6 is 0 Å². The SMILES string of the molecule is CNC(C)(C)C(=O)CN[C@@H](CCCNC(=N)N)CC(=O)N[C@@H](Cc1ccc(O)cc1)C(N)=O. The minimum absolute atomic E-state index is 0.0344. The fraction of sp³-hybridized carbons (Fsp3) is 0.545. The molecule has 0 aliphatic rings. The van der Waals surface area contributed by atoms with Crippen molar-refractivity contribution in [3.05, 3.63) is 29.8 Å². The van der Waals surface area contributed by atoms with Crippen LogP contribution in [0.1, 0.15) is 38.7 Å².